The number of aromatic nitrogens is 4. The van der Waals surface area contributed by atoms with E-state index in [9.17, 15) is 0 Å². The van der Waals surface area contributed by atoms with Crippen LogP contribution in [0.25, 0.3) is 11.4 Å². The SMILES string of the molecule is [Pt+2].[c-]1c(N(c2[c-]c(-n3cccn3)ccc2)C2CCCCC2)cccc1-n1cccn1. The molecule has 0 aliphatic heterocycles. The summed E-state index contributed by atoms with van der Waals surface area (Å²) >= 11 is 0. The van der Waals surface area contributed by atoms with Crippen molar-refractivity contribution in [3.63, 3.8) is 0 Å². The minimum absolute atomic E-state index is 0. The molecule has 154 valence electrons. The average Bonchev–Trinajstić information content (AvgIpc) is 3.50. The van der Waals surface area contributed by atoms with E-state index in [1.807, 2.05) is 46.0 Å². The van der Waals surface area contributed by atoms with Gasteiger partial charge in [-0.3, -0.25) is 9.36 Å². The minimum Gasteiger partial charge on any atom is -0.385 e. The third-order valence-electron chi connectivity index (χ3n) is 5.49. The Hall–Kier alpha value is -2.65. The van der Waals surface area contributed by atoms with Crippen LogP contribution in [-0.2, 0) is 21.1 Å². The second kappa shape index (κ2) is 9.44. The normalized spacial score (nSPS) is 14.3. The summed E-state index contributed by atoms with van der Waals surface area (Å²) in [6.07, 6.45) is 13.7. The number of benzene rings is 2. The van der Waals surface area contributed by atoms with Gasteiger partial charge in [0.05, 0.1) is 0 Å². The number of hydrogen-bond acceptors (Lipinski definition) is 3. The standard InChI is InChI=1S/C24H23N5.Pt/c1-2-8-20(9-3-1)29(23-12-4-10-21(18-23)27-16-6-14-25-27)24-13-5-11-22(19-24)28-17-7-15-26-28;/h4-7,10-17,20H,1-3,8-9H2;/q-2;+2. The summed E-state index contributed by atoms with van der Waals surface area (Å²) in [4.78, 5) is 2.40. The van der Waals surface area contributed by atoms with Crippen LogP contribution in [0.1, 0.15) is 32.1 Å². The van der Waals surface area contributed by atoms with Gasteiger partial charge in [-0.1, -0.05) is 30.6 Å². The molecule has 0 amide bonds. The average molecular weight is 577 g/mol. The van der Waals surface area contributed by atoms with Gasteiger partial charge < -0.3 is 4.90 Å². The summed E-state index contributed by atoms with van der Waals surface area (Å²) in [5.74, 6) is 0. The van der Waals surface area contributed by atoms with Crippen molar-refractivity contribution in [2.24, 2.45) is 0 Å². The van der Waals surface area contributed by atoms with Gasteiger partial charge in [0.1, 0.15) is 0 Å². The van der Waals surface area contributed by atoms with Crippen LogP contribution >= 0.6 is 0 Å². The molecule has 2 aromatic carbocycles. The maximum absolute atomic E-state index is 4.37. The van der Waals surface area contributed by atoms with E-state index in [0.29, 0.717) is 6.04 Å². The van der Waals surface area contributed by atoms with Crippen molar-refractivity contribution in [1.29, 1.82) is 0 Å². The van der Waals surface area contributed by atoms with E-state index < -0.39 is 0 Å². The van der Waals surface area contributed by atoms with Gasteiger partial charge in [0.2, 0.25) is 0 Å². The molecule has 0 unspecified atom stereocenters. The molecule has 1 fully saturated rings. The van der Waals surface area contributed by atoms with Gasteiger partial charge in [-0.15, -0.1) is 36.4 Å². The first-order valence-corrected chi connectivity index (χ1v) is 10.2. The molecule has 6 heteroatoms. The van der Waals surface area contributed by atoms with E-state index in [2.05, 4.69) is 51.5 Å². The molecule has 5 nitrogen and oxygen atoms in total. The Bertz CT molecular complexity index is 975. The second-order valence-electron chi connectivity index (χ2n) is 7.41. The van der Waals surface area contributed by atoms with Gasteiger partial charge in [-0.2, -0.15) is 22.3 Å². The number of rotatable bonds is 5. The zero-order chi connectivity index (χ0) is 19.5. The Kier molecular flexibility index (Phi) is 6.49. The summed E-state index contributed by atoms with van der Waals surface area (Å²) in [5.41, 5.74) is 3.99. The summed E-state index contributed by atoms with van der Waals surface area (Å²) in [6, 6.07) is 24.0. The van der Waals surface area contributed by atoms with Crippen molar-refractivity contribution in [3.8, 4) is 11.4 Å². The van der Waals surface area contributed by atoms with Crippen molar-refractivity contribution >= 4 is 11.4 Å². The van der Waals surface area contributed by atoms with Crippen LogP contribution in [0.4, 0.5) is 11.4 Å². The molecule has 0 bridgehead atoms. The molecule has 0 N–H and O–H groups in total. The molecule has 1 aliphatic rings. The molecule has 0 atom stereocenters. The molecule has 0 spiro atoms. The maximum Gasteiger partial charge on any atom is 2.00 e. The fraction of sp³-hybridized carbons (Fsp3) is 0.250. The largest absolute Gasteiger partial charge is 2.00 e. The molecule has 0 radical (unpaired) electrons. The van der Waals surface area contributed by atoms with Crippen molar-refractivity contribution in [2.45, 2.75) is 38.1 Å². The van der Waals surface area contributed by atoms with Crippen molar-refractivity contribution in [3.05, 3.63) is 85.5 Å². The van der Waals surface area contributed by atoms with Gasteiger partial charge >= 0.3 is 21.1 Å². The third kappa shape index (κ3) is 4.27. The molecule has 30 heavy (non-hydrogen) atoms. The molecule has 1 aliphatic carbocycles. The van der Waals surface area contributed by atoms with Gasteiger partial charge in [0.25, 0.3) is 0 Å². The van der Waals surface area contributed by atoms with Gasteiger partial charge in [-0.25, -0.2) is 0 Å². The second-order valence-corrected chi connectivity index (χ2v) is 7.41. The van der Waals surface area contributed by atoms with Gasteiger partial charge in [0, 0.05) is 30.8 Å². The first kappa shape index (κ1) is 20.6. The van der Waals surface area contributed by atoms with E-state index in [1.165, 1.54) is 32.1 Å². The van der Waals surface area contributed by atoms with Crippen LogP contribution in [0.15, 0.2) is 73.3 Å². The monoisotopic (exact) mass is 576 g/mol. The quantitative estimate of drug-likeness (QED) is 0.310. The maximum atomic E-state index is 4.37. The smallest absolute Gasteiger partial charge is 0.385 e. The van der Waals surface area contributed by atoms with E-state index >= 15 is 0 Å². The topological polar surface area (TPSA) is 38.9 Å². The van der Waals surface area contributed by atoms with Crippen LogP contribution in [0.2, 0.25) is 0 Å². The van der Waals surface area contributed by atoms with Crippen molar-refractivity contribution < 1.29 is 21.1 Å². The van der Waals surface area contributed by atoms with E-state index in [1.54, 1.807) is 12.4 Å². The van der Waals surface area contributed by atoms with E-state index in [4.69, 9.17) is 0 Å². The first-order valence-electron chi connectivity index (χ1n) is 10.2. The Balaban J connectivity index is 0.00000218. The Morgan fingerprint density at radius 2 is 1.27 bits per heavy atom. The molecule has 5 rings (SSSR count). The fourth-order valence-corrected chi connectivity index (χ4v) is 4.12. The van der Waals surface area contributed by atoms with E-state index in [-0.39, 0.29) is 21.1 Å². The molecule has 0 saturated heterocycles. The predicted molar refractivity (Wildman–Crippen MR) is 114 cm³/mol. The van der Waals surface area contributed by atoms with Gasteiger partial charge in [-0.05, 0) is 36.3 Å². The molecule has 1 saturated carbocycles. The van der Waals surface area contributed by atoms with Crippen LogP contribution < -0.4 is 4.90 Å². The Morgan fingerprint density at radius 3 is 1.73 bits per heavy atom. The van der Waals surface area contributed by atoms with Crippen molar-refractivity contribution in [2.75, 3.05) is 4.90 Å². The summed E-state index contributed by atoms with van der Waals surface area (Å²) in [5, 5.41) is 8.74. The third-order valence-corrected chi connectivity index (χ3v) is 5.49. The summed E-state index contributed by atoms with van der Waals surface area (Å²) in [7, 11) is 0. The Morgan fingerprint density at radius 1 is 0.733 bits per heavy atom. The zero-order valence-electron chi connectivity index (χ0n) is 16.6. The molecular formula is C24H23N5Pt. The fourth-order valence-electron chi connectivity index (χ4n) is 4.12. The Labute approximate surface area is 191 Å². The van der Waals surface area contributed by atoms with Crippen LogP contribution in [-0.4, -0.2) is 25.6 Å². The number of hydrogen-bond donors (Lipinski definition) is 0. The molecule has 4 aromatic rings. The summed E-state index contributed by atoms with van der Waals surface area (Å²) in [6.45, 7) is 0. The number of anilines is 2. The van der Waals surface area contributed by atoms with E-state index in [0.717, 1.165) is 22.7 Å². The number of nitrogens with zero attached hydrogens (tertiary/aromatic N) is 5. The van der Waals surface area contributed by atoms with Crippen LogP contribution in [0, 0.1) is 12.1 Å². The summed E-state index contributed by atoms with van der Waals surface area (Å²) < 4.78 is 3.71. The van der Waals surface area contributed by atoms with Crippen molar-refractivity contribution in [1.82, 2.24) is 19.6 Å². The molecular weight excluding hydrogens is 553 g/mol. The first-order chi connectivity index (χ1) is 14.4. The van der Waals surface area contributed by atoms with Crippen LogP contribution in [0.3, 0.4) is 0 Å². The minimum atomic E-state index is 0. The molecule has 2 aromatic heterocycles. The van der Waals surface area contributed by atoms with Gasteiger partial charge in [0.15, 0.2) is 0 Å². The van der Waals surface area contributed by atoms with Crippen LogP contribution in [0.5, 0.6) is 0 Å². The predicted octanol–water partition coefficient (Wildman–Crippen LogP) is 5.13. The molecule has 2 heterocycles. The zero-order valence-corrected chi connectivity index (χ0v) is 18.9.